The van der Waals surface area contributed by atoms with Gasteiger partial charge in [-0.05, 0) is 37.8 Å². The van der Waals surface area contributed by atoms with Crippen LogP contribution in [0, 0.1) is 24.7 Å². The number of carbonyl (C=O) groups excluding carboxylic acids is 2. The highest BCUT2D eigenvalue weighted by Crippen LogP contribution is 2.44. The molecule has 152 valence electrons. The number of nitrogens with one attached hydrogen (secondary N) is 1. The average Bonchev–Trinajstić information content (AvgIpc) is 3.21. The van der Waals surface area contributed by atoms with E-state index in [1.807, 2.05) is 36.1 Å². The maximum Gasteiger partial charge on any atom is 0.253 e. The number of hydrogen-bond donors (Lipinski definition) is 1. The molecule has 0 bridgehead atoms. The van der Waals surface area contributed by atoms with E-state index in [2.05, 4.69) is 24.1 Å². The zero-order valence-corrected chi connectivity index (χ0v) is 17.4. The lowest BCUT2D eigenvalue weighted by atomic mass is 9.75. The Morgan fingerprint density at radius 2 is 2.04 bits per heavy atom. The minimum atomic E-state index is -0.116. The van der Waals surface area contributed by atoms with Crippen LogP contribution in [0.15, 0.2) is 24.3 Å². The molecular formula is C23H33N3O2. The van der Waals surface area contributed by atoms with Crippen LogP contribution in [0.25, 0.3) is 0 Å². The number of hydrogen-bond acceptors (Lipinski definition) is 3. The highest BCUT2D eigenvalue weighted by Gasteiger charge is 2.57. The highest BCUT2D eigenvalue weighted by atomic mass is 16.2. The number of fused-ring (bicyclic) bond motifs is 2. The summed E-state index contributed by atoms with van der Waals surface area (Å²) in [5.41, 5.74) is 1.76. The van der Waals surface area contributed by atoms with Crippen LogP contribution in [-0.4, -0.2) is 59.9 Å². The second kappa shape index (κ2) is 7.51. The SMILES string of the molecule is CCC(C)CN1C[C@H]2C(=O)NC3(CCN(C(=O)c4cccc(C)c4)CC3)[C@H]2C1. The van der Waals surface area contributed by atoms with E-state index in [4.69, 9.17) is 0 Å². The Bertz CT molecular complexity index is 754. The number of aryl methyl sites for hydroxylation is 1. The number of amides is 2. The molecule has 3 saturated heterocycles. The molecule has 0 saturated carbocycles. The van der Waals surface area contributed by atoms with Crippen LogP contribution >= 0.6 is 0 Å². The molecule has 1 aromatic rings. The fraction of sp³-hybridized carbons (Fsp3) is 0.652. The molecule has 1 unspecified atom stereocenters. The van der Waals surface area contributed by atoms with Gasteiger partial charge in [0.1, 0.15) is 0 Å². The van der Waals surface area contributed by atoms with E-state index in [0.717, 1.165) is 56.7 Å². The summed E-state index contributed by atoms with van der Waals surface area (Å²) in [6.45, 7) is 11.0. The Morgan fingerprint density at radius 1 is 1.29 bits per heavy atom. The van der Waals surface area contributed by atoms with Gasteiger partial charge in [0, 0.05) is 49.7 Å². The van der Waals surface area contributed by atoms with Crippen LogP contribution in [0.1, 0.15) is 49.0 Å². The van der Waals surface area contributed by atoms with E-state index in [0.29, 0.717) is 11.8 Å². The molecule has 5 nitrogen and oxygen atoms in total. The third kappa shape index (κ3) is 3.45. The quantitative estimate of drug-likeness (QED) is 0.870. The number of rotatable bonds is 4. The van der Waals surface area contributed by atoms with E-state index < -0.39 is 0 Å². The lowest BCUT2D eigenvalue weighted by Crippen LogP contribution is -2.56. The maximum absolute atomic E-state index is 12.9. The van der Waals surface area contributed by atoms with Gasteiger partial charge < -0.3 is 15.1 Å². The molecular weight excluding hydrogens is 350 g/mol. The first-order valence-electron chi connectivity index (χ1n) is 10.8. The van der Waals surface area contributed by atoms with Crippen molar-refractivity contribution in [3.05, 3.63) is 35.4 Å². The molecule has 1 aromatic carbocycles. The van der Waals surface area contributed by atoms with Gasteiger partial charge in [0.15, 0.2) is 0 Å². The number of piperidine rings is 1. The molecule has 1 spiro atoms. The molecule has 3 heterocycles. The predicted molar refractivity (Wildman–Crippen MR) is 110 cm³/mol. The first-order chi connectivity index (χ1) is 13.4. The molecule has 3 aliphatic rings. The largest absolute Gasteiger partial charge is 0.350 e. The summed E-state index contributed by atoms with van der Waals surface area (Å²) in [7, 11) is 0. The van der Waals surface area contributed by atoms with Crippen molar-refractivity contribution < 1.29 is 9.59 Å². The van der Waals surface area contributed by atoms with Crippen LogP contribution in [0.5, 0.6) is 0 Å². The summed E-state index contributed by atoms with van der Waals surface area (Å²) < 4.78 is 0. The van der Waals surface area contributed by atoms with E-state index in [1.165, 1.54) is 6.42 Å². The van der Waals surface area contributed by atoms with Gasteiger partial charge in [0.05, 0.1) is 5.92 Å². The van der Waals surface area contributed by atoms with Gasteiger partial charge in [-0.15, -0.1) is 0 Å². The van der Waals surface area contributed by atoms with Gasteiger partial charge in [-0.25, -0.2) is 0 Å². The van der Waals surface area contributed by atoms with Crippen LogP contribution in [0.3, 0.4) is 0 Å². The zero-order chi connectivity index (χ0) is 19.9. The smallest absolute Gasteiger partial charge is 0.253 e. The third-order valence-electron chi connectivity index (χ3n) is 7.29. The number of likely N-dealkylation sites (tertiary alicyclic amines) is 2. The van der Waals surface area contributed by atoms with Crippen molar-refractivity contribution >= 4 is 11.8 Å². The van der Waals surface area contributed by atoms with Crippen LogP contribution in [-0.2, 0) is 4.79 Å². The molecule has 0 radical (unpaired) electrons. The predicted octanol–water partition coefficient (Wildman–Crippen LogP) is 2.69. The molecule has 0 aliphatic carbocycles. The van der Waals surface area contributed by atoms with Gasteiger partial charge in [-0.1, -0.05) is 38.0 Å². The number of carbonyl (C=O) groups is 2. The summed E-state index contributed by atoms with van der Waals surface area (Å²) in [5, 5.41) is 3.36. The Balaban J connectivity index is 1.42. The number of nitrogens with zero attached hydrogens (tertiary/aromatic N) is 2. The van der Waals surface area contributed by atoms with Crippen molar-refractivity contribution in [2.24, 2.45) is 17.8 Å². The maximum atomic E-state index is 12.9. The van der Waals surface area contributed by atoms with Crippen LogP contribution < -0.4 is 5.32 Å². The zero-order valence-electron chi connectivity index (χ0n) is 17.4. The fourth-order valence-corrected chi connectivity index (χ4v) is 5.43. The molecule has 1 N–H and O–H groups in total. The molecule has 3 fully saturated rings. The minimum absolute atomic E-state index is 0.115. The molecule has 28 heavy (non-hydrogen) atoms. The highest BCUT2D eigenvalue weighted by molar-refractivity contribution is 5.94. The van der Waals surface area contributed by atoms with Crippen molar-refractivity contribution in [3.63, 3.8) is 0 Å². The van der Waals surface area contributed by atoms with Crippen molar-refractivity contribution in [2.45, 2.75) is 45.6 Å². The first-order valence-corrected chi connectivity index (χ1v) is 10.8. The summed E-state index contributed by atoms with van der Waals surface area (Å²) in [6, 6.07) is 7.82. The van der Waals surface area contributed by atoms with E-state index in [-0.39, 0.29) is 23.3 Å². The van der Waals surface area contributed by atoms with Gasteiger partial charge in [-0.3, -0.25) is 9.59 Å². The fourth-order valence-electron chi connectivity index (χ4n) is 5.43. The topological polar surface area (TPSA) is 52.7 Å². The molecule has 2 amide bonds. The lowest BCUT2D eigenvalue weighted by Gasteiger charge is -2.43. The van der Waals surface area contributed by atoms with E-state index in [9.17, 15) is 9.59 Å². The lowest BCUT2D eigenvalue weighted by molar-refractivity contribution is -0.123. The molecule has 3 aliphatic heterocycles. The Morgan fingerprint density at radius 3 is 2.71 bits per heavy atom. The summed E-state index contributed by atoms with van der Waals surface area (Å²) >= 11 is 0. The van der Waals surface area contributed by atoms with Gasteiger partial charge in [0.2, 0.25) is 5.91 Å². The Kier molecular flexibility index (Phi) is 5.21. The monoisotopic (exact) mass is 383 g/mol. The standard InChI is InChI=1S/C23H33N3O2/c1-4-16(2)13-25-14-19-20(15-25)23(24-21(19)27)8-10-26(11-9-23)22(28)18-7-5-6-17(3)12-18/h5-7,12,16,19-20H,4,8-11,13-15H2,1-3H3,(H,24,27)/t16?,19-,20+/m1/s1. The summed E-state index contributed by atoms with van der Waals surface area (Å²) in [4.78, 5) is 30.0. The Labute approximate surface area is 168 Å². The van der Waals surface area contributed by atoms with Crippen LogP contribution in [0.2, 0.25) is 0 Å². The second-order valence-corrected chi connectivity index (χ2v) is 9.25. The molecule has 5 heteroatoms. The second-order valence-electron chi connectivity index (χ2n) is 9.25. The summed E-state index contributed by atoms with van der Waals surface area (Å²) in [6.07, 6.45) is 2.92. The Hall–Kier alpha value is -1.88. The van der Waals surface area contributed by atoms with Crippen molar-refractivity contribution in [3.8, 4) is 0 Å². The van der Waals surface area contributed by atoms with Crippen molar-refractivity contribution in [1.82, 2.24) is 15.1 Å². The molecule has 4 rings (SSSR count). The van der Waals surface area contributed by atoms with Crippen molar-refractivity contribution in [2.75, 3.05) is 32.7 Å². The first kappa shape index (κ1) is 19.4. The van der Waals surface area contributed by atoms with Gasteiger partial charge in [-0.2, -0.15) is 0 Å². The van der Waals surface area contributed by atoms with Crippen molar-refractivity contribution in [1.29, 1.82) is 0 Å². The normalized spacial score (nSPS) is 27.7. The van der Waals surface area contributed by atoms with E-state index >= 15 is 0 Å². The molecule has 3 atom stereocenters. The molecule has 0 aromatic heterocycles. The number of benzene rings is 1. The summed E-state index contributed by atoms with van der Waals surface area (Å²) in [5.74, 6) is 1.54. The average molecular weight is 384 g/mol. The third-order valence-corrected chi connectivity index (χ3v) is 7.29. The minimum Gasteiger partial charge on any atom is -0.350 e. The van der Waals surface area contributed by atoms with Gasteiger partial charge in [0.25, 0.3) is 5.91 Å². The van der Waals surface area contributed by atoms with Crippen LogP contribution in [0.4, 0.5) is 0 Å². The van der Waals surface area contributed by atoms with Gasteiger partial charge >= 0.3 is 0 Å². The van der Waals surface area contributed by atoms with E-state index in [1.54, 1.807) is 0 Å².